The summed E-state index contributed by atoms with van der Waals surface area (Å²) in [5.41, 5.74) is 2.22. The summed E-state index contributed by atoms with van der Waals surface area (Å²) in [6.45, 7) is 3.51. The highest BCUT2D eigenvalue weighted by molar-refractivity contribution is 5.94. The Balaban J connectivity index is 1.81. The van der Waals surface area contributed by atoms with Crippen LogP contribution in [0.2, 0.25) is 0 Å². The number of hydrogen-bond acceptors (Lipinski definition) is 5. The SMILES string of the molecule is COc1ccc(-c2cnn([C@@H](C)C(=O)Nc3ccccc3C)c(=O)n2)cc1. The van der Waals surface area contributed by atoms with Crippen molar-refractivity contribution in [3.63, 3.8) is 0 Å². The molecule has 0 saturated carbocycles. The van der Waals surface area contributed by atoms with E-state index >= 15 is 0 Å². The van der Waals surface area contributed by atoms with Crippen molar-refractivity contribution in [1.29, 1.82) is 0 Å². The third kappa shape index (κ3) is 4.03. The van der Waals surface area contributed by atoms with Crippen LogP contribution in [-0.2, 0) is 4.79 Å². The minimum Gasteiger partial charge on any atom is -0.497 e. The molecule has 0 radical (unpaired) electrons. The fourth-order valence-electron chi connectivity index (χ4n) is 2.58. The lowest BCUT2D eigenvalue weighted by Crippen LogP contribution is -2.35. The first-order chi connectivity index (χ1) is 13.0. The summed E-state index contributed by atoms with van der Waals surface area (Å²) < 4.78 is 6.19. The van der Waals surface area contributed by atoms with E-state index < -0.39 is 11.7 Å². The van der Waals surface area contributed by atoms with Crippen molar-refractivity contribution in [2.75, 3.05) is 12.4 Å². The van der Waals surface area contributed by atoms with E-state index in [0.717, 1.165) is 15.8 Å². The molecule has 0 saturated heterocycles. The summed E-state index contributed by atoms with van der Waals surface area (Å²) in [4.78, 5) is 28.9. The highest BCUT2D eigenvalue weighted by atomic mass is 16.5. The number of carbonyl (C=O) groups excluding carboxylic acids is 1. The lowest BCUT2D eigenvalue weighted by atomic mass is 10.1. The van der Waals surface area contributed by atoms with Crippen LogP contribution < -0.4 is 15.7 Å². The highest BCUT2D eigenvalue weighted by Gasteiger charge is 2.19. The maximum atomic E-state index is 12.5. The quantitative estimate of drug-likeness (QED) is 0.752. The largest absolute Gasteiger partial charge is 0.497 e. The number of para-hydroxylation sites is 1. The number of rotatable bonds is 5. The second-order valence-electron chi connectivity index (χ2n) is 6.08. The molecule has 3 aromatic rings. The minimum absolute atomic E-state index is 0.335. The third-order valence-corrected chi connectivity index (χ3v) is 4.25. The monoisotopic (exact) mass is 364 g/mol. The molecular formula is C20H20N4O3. The maximum Gasteiger partial charge on any atom is 0.365 e. The van der Waals surface area contributed by atoms with E-state index in [-0.39, 0.29) is 5.91 Å². The van der Waals surface area contributed by atoms with Gasteiger partial charge in [-0.1, -0.05) is 18.2 Å². The molecule has 0 fully saturated rings. The van der Waals surface area contributed by atoms with Gasteiger partial charge in [0.2, 0.25) is 5.91 Å². The van der Waals surface area contributed by atoms with Gasteiger partial charge < -0.3 is 10.1 Å². The second-order valence-corrected chi connectivity index (χ2v) is 6.08. The Hall–Kier alpha value is -3.48. The minimum atomic E-state index is -0.797. The molecule has 7 nitrogen and oxygen atoms in total. The van der Waals surface area contributed by atoms with Gasteiger partial charge in [0.15, 0.2) is 0 Å². The number of aryl methyl sites for hydroxylation is 1. The standard InChI is InChI=1S/C20H20N4O3/c1-13-6-4-5-7-17(13)22-19(25)14(2)24-20(26)23-18(12-21-24)15-8-10-16(27-3)11-9-15/h4-12,14H,1-3H3,(H,22,25)/t14-/m0/s1. The van der Waals surface area contributed by atoms with Crippen molar-refractivity contribution >= 4 is 11.6 Å². The van der Waals surface area contributed by atoms with Crippen LogP contribution in [-0.4, -0.2) is 27.8 Å². The molecule has 0 aliphatic rings. The smallest absolute Gasteiger partial charge is 0.365 e. The van der Waals surface area contributed by atoms with Crippen molar-refractivity contribution in [3.05, 3.63) is 70.8 Å². The van der Waals surface area contributed by atoms with E-state index in [1.807, 2.05) is 25.1 Å². The highest BCUT2D eigenvalue weighted by Crippen LogP contribution is 2.19. The number of ether oxygens (including phenoxy) is 1. The summed E-state index contributed by atoms with van der Waals surface area (Å²) in [5.74, 6) is 0.374. The van der Waals surface area contributed by atoms with Gasteiger partial charge in [-0.3, -0.25) is 4.79 Å². The Labute approximate surface area is 156 Å². The Morgan fingerprint density at radius 1 is 1.15 bits per heavy atom. The predicted molar refractivity (Wildman–Crippen MR) is 103 cm³/mol. The van der Waals surface area contributed by atoms with Gasteiger partial charge in [0.1, 0.15) is 11.8 Å². The zero-order valence-electron chi connectivity index (χ0n) is 15.3. The molecule has 27 heavy (non-hydrogen) atoms. The number of amides is 1. The van der Waals surface area contributed by atoms with Crippen molar-refractivity contribution in [3.8, 4) is 17.0 Å². The Kier molecular flexibility index (Phi) is 5.30. The van der Waals surface area contributed by atoms with Crippen LogP contribution in [0.4, 0.5) is 5.69 Å². The maximum absolute atomic E-state index is 12.5. The lowest BCUT2D eigenvalue weighted by molar-refractivity contribution is -0.119. The van der Waals surface area contributed by atoms with E-state index in [2.05, 4.69) is 15.4 Å². The molecule has 1 amide bonds. The summed E-state index contributed by atoms with van der Waals surface area (Å²) in [6, 6.07) is 13.8. The molecule has 1 N–H and O–H groups in total. The first kappa shape index (κ1) is 18.3. The fourth-order valence-corrected chi connectivity index (χ4v) is 2.58. The van der Waals surface area contributed by atoms with Crippen LogP contribution >= 0.6 is 0 Å². The molecule has 1 aromatic heterocycles. The van der Waals surface area contributed by atoms with E-state index in [1.54, 1.807) is 44.4 Å². The van der Waals surface area contributed by atoms with Crippen LogP contribution in [0.1, 0.15) is 18.5 Å². The number of carbonyl (C=O) groups is 1. The lowest BCUT2D eigenvalue weighted by Gasteiger charge is -2.15. The van der Waals surface area contributed by atoms with Gasteiger partial charge in [0, 0.05) is 11.3 Å². The van der Waals surface area contributed by atoms with Gasteiger partial charge in [-0.2, -0.15) is 10.1 Å². The molecule has 7 heteroatoms. The van der Waals surface area contributed by atoms with Crippen LogP contribution in [0.15, 0.2) is 59.5 Å². The number of methoxy groups -OCH3 is 1. The fraction of sp³-hybridized carbons (Fsp3) is 0.200. The van der Waals surface area contributed by atoms with Gasteiger partial charge in [-0.15, -0.1) is 0 Å². The Morgan fingerprint density at radius 2 is 1.85 bits per heavy atom. The van der Waals surface area contributed by atoms with Crippen molar-refractivity contribution < 1.29 is 9.53 Å². The molecule has 2 aromatic carbocycles. The number of aromatic nitrogens is 3. The number of benzene rings is 2. The molecular weight excluding hydrogens is 344 g/mol. The Morgan fingerprint density at radius 3 is 2.48 bits per heavy atom. The van der Waals surface area contributed by atoms with E-state index in [9.17, 15) is 9.59 Å². The molecule has 0 unspecified atom stereocenters. The summed E-state index contributed by atoms with van der Waals surface area (Å²) >= 11 is 0. The average molecular weight is 364 g/mol. The molecule has 1 heterocycles. The number of anilines is 1. The topological polar surface area (TPSA) is 86.1 Å². The first-order valence-electron chi connectivity index (χ1n) is 8.46. The van der Waals surface area contributed by atoms with Crippen molar-refractivity contribution in [1.82, 2.24) is 14.8 Å². The third-order valence-electron chi connectivity index (χ3n) is 4.25. The number of nitrogens with one attached hydrogen (secondary N) is 1. The molecule has 3 rings (SSSR count). The molecule has 1 atom stereocenters. The van der Waals surface area contributed by atoms with E-state index in [4.69, 9.17) is 4.74 Å². The van der Waals surface area contributed by atoms with Gasteiger partial charge in [0.05, 0.1) is 19.0 Å². The van der Waals surface area contributed by atoms with Crippen LogP contribution in [0.3, 0.4) is 0 Å². The van der Waals surface area contributed by atoms with Crippen LogP contribution in [0.25, 0.3) is 11.3 Å². The molecule has 138 valence electrons. The summed E-state index contributed by atoms with van der Waals surface area (Å²) in [7, 11) is 1.58. The van der Waals surface area contributed by atoms with Gasteiger partial charge in [-0.25, -0.2) is 9.48 Å². The van der Waals surface area contributed by atoms with Gasteiger partial charge in [0.25, 0.3) is 0 Å². The second kappa shape index (κ2) is 7.82. The zero-order valence-corrected chi connectivity index (χ0v) is 15.3. The molecule has 0 aliphatic carbocycles. The first-order valence-corrected chi connectivity index (χ1v) is 8.46. The van der Waals surface area contributed by atoms with Gasteiger partial charge >= 0.3 is 5.69 Å². The normalized spacial score (nSPS) is 11.7. The Bertz CT molecular complexity index is 1010. The van der Waals surface area contributed by atoms with Crippen LogP contribution in [0, 0.1) is 6.92 Å². The van der Waals surface area contributed by atoms with Crippen molar-refractivity contribution in [2.24, 2.45) is 0 Å². The van der Waals surface area contributed by atoms with Crippen LogP contribution in [0.5, 0.6) is 5.75 Å². The number of hydrogen-bond donors (Lipinski definition) is 1. The van der Waals surface area contributed by atoms with E-state index in [1.165, 1.54) is 6.20 Å². The molecule has 0 aliphatic heterocycles. The number of nitrogens with zero attached hydrogens (tertiary/aromatic N) is 3. The van der Waals surface area contributed by atoms with Crippen molar-refractivity contribution in [2.45, 2.75) is 19.9 Å². The summed E-state index contributed by atoms with van der Waals surface area (Å²) in [6.07, 6.45) is 1.47. The zero-order chi connectivity index (χ0) is 19.4. The van der Waals surface area contributed by atoms with E-state index in [0.29, 0.717) is 17.1 Å². The van der Waals surface area contributed by atoms with Gasteiger partial charge in [-0.05, 0) is 49.7 Å². The predicted octanol–water partition coefficient (Wildman–Crippen LogP) is 2.82. The molecule has 0 bridgehead atoms. The molecule has 0 spiro atoms. The summed E-state index contributed by atoms with van der Waals surface area (Å²) in [5, 5.41) is 6.95. The average Bonchev–Trinajstić information content (AvgIpc) is 2.69.